The summed E-state index contributed by atoms with van der Waals surface area (Å²) in [6.07, 6.45) is 4.70. The summed E-state index contributed by atoms with van der Waals surface area (Å²) in [5.41, 5.74) is -0.516. The predicted molar refractivity (Wildman–Crippen MR) is 200 cm³/mol. The number of ketones is 1. The topological polar surface area (TPSA) is 178 Å². The number of amides is 5. The van der Waals surface area contributed by atoms with E-state index in [0.717, 1.165) is 24.8 Å². The van der Waals surface area contributed by atoms with Gasteiger partial charge in [0.15, 0.2) is 0 Å². The molecule has 2 heterocycles. The fraction of sp³-hybridized carbons (Fsp3) is 0.641. The Bertz CT molecular complexity index is 1560. The Hall–Kier alpha value is -4.42. The normalized spacial score (nSPS) is 22.3. The van der Waals surface area contributed by atoms with Gasteiger partial charge in [-0.1, -0.05) is 91.6 Å². The van der Waals surface area contributed by atoms with Crippen molar-refractivity contribution in [2.75, 3.05) is 19.6 Å². The second-order valence-corrected chi connectivity index (χ2v) is 16.5. The van der Waals surface area contributed by atoms with Crippen LogP contribution < -0.4 is 21.3 Å². The van der Waals surface area contributed by atoms with Crippen molar-refractivity contribution >= 4 is 47.2 Å². The van der Waals surface area contributed by atoms with Crippen LogP contribution in [0, 0.1) is 22.7 Å². The zero-order valence-corrected chi connectivity index (χ0v) is 32.0. The van der Waals surface area contributed by atoms with Crippen molar-refractivity contribution in [2.45, 2.75) is 118 Å². The molecule has 13 heteroatoms. The van der Waals surface area contributed by atoms with Gasteiger partial charge >= 0.3 is 0 Å². The number of fused-ring (bicyclic) bond motifs is 1. The molecule has 1 aromatic carbocycles. The summed E-state index contributed by atoms with van der Waals surface area (Å²) in [5, 5.41) is 11.4. The number of benzene rings is 1. The van der Waals surface area contributed by atoms with Gasteiger partial charge in [-0.2, -0.15) is 0 Å². The highest BCUT2D eigenvalue weighted by Crippen LogP contribution is 2.43. The lowest BCUT2D eigenvalue weighted by molar-refractivity contribution is -0.146. The third-order valence-corrected chi connectivity index (χ3v) is 10.3. The average molecular weight is 720 g/mol. The van der Waals surface area contributed by atoms with Crippen LogP contribution in [0.3, 0.4) is 0 Å². The molecular weight excluding hydrogens is 662 g/mol. The molecule has 0 bridgehead atoms. The van der Waals surface area contributed by atoms with Gasteiger partial charge in [0.1, 0.15) is 23.8 Å². The van der Waals surface area contributed by atoms with Gasteiger partial charge < -0.3 is 26.2 Å². The Morgan fingerprint density at radius 3 is 2.13 bits per heavy atom. The zero-order valence-electron chi connectivity index (χ0n) is 32.0. The van der Waals surface area contributed by atoms with Gasteiger partial charge in [0.05, 0.1) is 31.4 Å². The molecule has 284 valence electrons. The molecule has 0 aromatic heterocycles. The molecule has 4 N–H and O–H groups in total. The number of Topliss-reactive ketones (excluding diaryl/α,β-unsaturated/α-hetero) is 1. The zero-order chi connectivity index (χ0) is 38.4. The lowest BCUT2D eigenvalue weighted by atomic mass is 9.82. The molecule has 1 aromatic rings. The highest BCUT2D eigenvalue weighted by atomic mass is 16.2. The lowest BCUT2D eigenvalue weighted by Gasteiger charge is -2.38. The van der Waals surface area contributed by atoms with Crippen molar-refractivity contribution in [3.63, 3.8) is 0 Å². The summed E-state index contributed by atoms with van der Waals surface area (Å²) in [7, 11) is 0. The van der Waals surface area contributed by atoms with Gasteiger partial charge in [-0.25, -0.2) is 0 Å². The first-order chi connectivity index (χ1) is 24.4. The molecule has 2 fully saturated rings. The maximum absolute atomic E-state index is 14.6. The first kappa shape index (κ1) is 40.4. The molecule has 5 amide bonds. The molecule has 2 aliphatic heterocycles. The van der Waals surface area contributed by atoms with E-state index in [9.17, 15) is 28.8 Å². The lowest BCUT2D eigenvalue weighted by Crippen LogP contribution is -2.63. The second kappa shape index (κ2) is 16.9. The summed E-state index contributed by atoms with van der Waals surface area (Å²) in [6, 6.07) is 4.89. The fourth-order valence-corrected chi connectivity index (χ4v) is 7.40. The van der Waals surface area contributed by atoms with Crippen LogP contribution >= 0.6 is 0 Å². The molecule has 13 nitrogen and oxygen atoms in total. The summed E-state index contributed by atoms with van der Waals surface area (Å²) >= 11 is 0. The smallest absolute Gasteiger partial charge is 0.290 e. The maximum Gasteiger partial charge on any atom is 0.290 e. The van der Waals surface area contributed by atoms with E-state index < -0.39 is 76.4 Å². The Kier molecular flexibility index (Phi) is 13.1. The Balaban J connectivity index is 1.54. The van der Waals surface area contributed by atoms with Gasteiger partial charge in [-0.15, -0.1) is 0 Å². The molecular formula is C39H57N7O6. The predicted octanol–water partition coefficient (Wildman–Crippen LogP) is 2.93. The maximum atomic E-state index is 14.6. The van der Waals surface area contributed by atoms with Crippen molar-refractivity contribution in [3.05, 3.63) is 35.9 Å². The van der Waals surface area contributed by atoms with Gasteiger partial charge in [0, 0.05) is 6.54 Å². The fourth-order valence-electron chi connectivity index (χ4n) is 7.40. The van der Waals surface area contributed by atoms with Crippen LogP contribution in [0.1, 0.15) is 99.1 Å². The largest absolute Gasteiger partial charge is 0.344 e. The van der Waals surface area contributed by atoms with E-state index >= 15 is 0 Å². The molecule has 1 saturated carbocycles. The standard InChI is InChI=1S/C39H57N7O6/c1-9-14-27(30(47)35(50)42-23(2)24-15-11-10-12-16-24)43-34(49)29-26-18-13-17-25(26)22-46(29)37(52)32(39(6,7)8)45-36(51)31(38(3,4)5)44-33(48)28-21-40-19-20-41-28/h10-12,15-16,21,23,25-27,29,31-32H,9,13-14,17-20,22H2,1-8H3,(H,42,50)(H,43,49)(H,44,48)(H,45,51)/t23-,25-,26-,27-,29-,31+,32+/m0/s1. The molecule has 52 heavy (non-hydrogen) atoms. The van der Waals surface area contributed by atoms with Crippen molar-refractivity contribution in [2.24, 2.45) is 32.7 Å². The Labute approximate surface area is 307 Å². The number of hydrogen-bond donors (Lipinski definition) is 4. The third kappa shape index (κ3) is 9.71. The average Bonchev–Trinajstić information content (AvgIpc) is 3.70. The van der Waals surface area contributed by atoms with Gasteiger partial charge in [-0.05, 0) is 54.4 Å². The first-order valence-corrected chi connectivity index (χ1v) is 18.6. The summed E-state index contributed by atoms with van der Waals surface area (Å²) in [6.45, 7) is 15.8. The van der Waals surface area contributed by atoms with E-state index in [-0.39, 0.29) is 24.0 Å². The molecule has 4 rings (SSSR count). The van der Waals surface area contributed by atoms with E-state index in [1.165, 1.54) is 6.21 Å². The Morgan fingerprint density at radius 2 is 1.54 bits per heavy atom. The number of nitrogens with one attached hydrogen (secondary N) is 4. The summed E-state index contributed by atoms with van der Waals surface area (Å²) < 4.78 is 0. The highest BCUT2D eigenvalue weighted by molar-refractivity contribution is 6.61. The molecule has 1 saturated heterocycles. The number of rotatable bonds is 13. The minimum absolute atomic E-state index is 0.0888. The van der Waals surface area contributed by atoms with Crippen molar-refractivity contribution in [1.82, 2.24) is 26.2 Å². The number of hydrogen-bond acceptors (Lipinski definition) is 8. The third-order valence-electron chi connectivity index (χ3n) is 10.3. The van der Waals surface area contributed by atoms with Crippen molar-refractivity contribution in [1.29, 1.82) is 0 Å². The monoisotopic (exact) mass is 719 g/mol. The number of carbonyl (C=O) groups is 6. The van der Waals surface area contributed by atoms with Crippen molar-refractivity contribution < 1.29 is 28.8 Å². The van der Waals surface area contributed by atoms with Crippen LogP contribution in [0.5, 0.6) is 0 Å². The molecule has 3 aliphatic rings. The van der Waals surface area contributed by atoms with E-state index in [2.05, 4.69) is 31.3 Å². The van der Waals surface area contributed by atoms with Crippen LogP contribution in [-0.4, -0.2) is 95.9 Å². The van der Waals surface area contributed by atoms with Gasteiger partial charge in [0.2, 0.25) is 23.5 Å². The summed E-state index contributed by atoms with van der Waals surface area (Å²) in [5.74, 6) is -3.51. The summed E-state index contributed by atoms with van der Waals surface area (Å²) in [4.78, 5) is 92.4. The number of carbonyl (C=O) groups excluding carboxylic acids is 6. The number of likely N-dealkylation sites (tertiary alicyclic amines) is 1. The highest BCUT2D eigenvalue weighted by Gasteiger charge is 2.52. The molecule has 0 radical (unpaired) electrons. The second-order valence-electron chi connectivity index (χ2n) is 16.5. The Morgan fingerprint density at radius 1 is 0.865 bits per heavy atom. The van der Waals surface area contributed by atoms with Crippen LogP contribution in [0.4, 0.5) is 0 Å². The van der Waals surface area contributed by atoms with E-state index in [1.54, 1.807) is 11.8 Å². The number of nitrogens with zero attached hydrogens (tertiary/aromatic N) is 3. The molecule has 0 unspecified atom stereocenters. The molecule has 7 atom stereocenters. The molecule has 0 spiro atoms. The SMILES string of the molecule is CCC[C@H](NC(=O)[C@@H]1[C@H]2CCC[C@H]2CN1C(=O)[C@@H](NC(=O)[C@@H](NC(=O)C1=NCCN=C1)C(C)(C)C)C(C)(C)C)C(=O)C(=O)N[C@@H](C)c1ccccc1. The quantitative estimate of drug-likeness (QED) is 0.228. The van der Waals surface area contributed by atoms with Crippen LogP contribution in [0.25, 0.3) is 0 Å². The van der Waals surface area contributed by atoms with Crippen LogP contribution in [0.2, 0.25) is 0 Å². The first-order valence-electron chi connectivity index (χ1n) is 18.6. The van der Waals surface area contributed by atoms with Gasteiger partial charge in [0.25, 0.3) is 11.8 Å². The minimum Gasteiger partial charge on any atom is -0.344 e. The van der Waals surface area contributed by atoms with Crippen molar-refractivity contribution in [3.8, 4) is 0 Å². The van der Waals surface area contributed by atoms with E-state index in [4.69, 9.17) is 0 Å². The molecule has 1 aliphatic carbocycles. The van der Waals surface area contributed by atoms with Gasteiger partial charge in [-0.3, -0.25) is 38.8 Å². The van der Waals surface area contributed by atoms with E-state index in [0.29, 0.717) is 26.1 Å². The van der Waals surface area contributed by atoms with Crippen LogP contribution in [-0.2, 0) is 28.8 Å². The van der Waals surface area contributed by atoms with Crippen LogP contribution in [0.15, 0.2) is 40.3 Å². The minimum atomic E-state index is -1.06. The number of aliphatic imine (C=N–C) groups is 2. The van der Waals surface area contributed by atoms with E-state index in [1.807, 2.05) is 78.8 Å².